The highest BCUT2D eigenvalue weighted by Gasteiger charge is 2.36. The quantitative estimate of drug-likeness (QED) is 0.874. The highest BCUT2D eigenvalue weighted by Crippen LogP contribution is 2.27. The van der Waals surface area contributed by atoms with Gasteiger partial charge in [0.15, 0.2) is 0 Å². The lowest BCUT2D eigenvalue weighted by molar-refractivity contribution is -0.0464. The van der Waals surface area contributed by atoms with Gasteiger partial charge in [0.2, 0.25) is 0 Å². The number of hydrogen-bond donors (Lipinski definition) is 1. The van der Waals surface area contributed by atoms with E-state index in [1.54, 1.807) is 0 Å². The number of hydrogen-bond acceptors (Lipinski definition) is 4. The summed E-state index contributed by atoms with van der Waals surface area (Å²) >= 11 is 1.82. The second-order valence-electron chi connectivity index (χ2n) is 4.68. The zero-order valence-corrected chi connectivity index (χ0v) is 11.3. The van der Waals surface area contributed by atoms with Crippen LogP contribution >= 0.6 is 11.3 Å². The van der Waals surface area contributed by atoms with E-state index < -0.39 is 0 Å². The molecule has 1 fully saturated rings. The van der Waals surface area contributed by atoms with Gasteiger partial charge < -0.3 is 10.5 Å². The van der Waals surface area contributed by atoms with Gasteiger partial charge in [-0.1, -0.05) is 13.0 Å². The van der Waals surface area contributed by atoms with Gasteiger partial charge in [-0.3, -0.25) is 4.90 Å². The molecule has 0 spiro atoms. The van der Waals surface area contributed by atoms with Gasteiger partial charge in [-0.15, -0.1) is 11.3 Å². The molecule has 1 atom stereocenters. The van der Waals surface area contributed by atoms with E-state index in [-0.39, 0.29) is 5.54 Å². The monoisotopic (exact) mass is 254 g/mol. The van der Waals surface area contributed by atoms with E-state index in [1.165, 1.54) is 4.88 Å². The van der Waals surface area contributed by atoms with Crippen LogP contribution in [-0.4, -0.2) is 36.7 Å². The van der Waals surface area contributed by atoms with Crippen molar-refractivity contribution in [3.63, 3.8) is 0 Å². The summed E-state index contributed by atoms with van der Waals surface area (Å²) in [6.45, 7) is 6.58. The number of nitrogens with two attached hydrogens (primary N) is 1. The summed E-state index contributed by atoms with van der Waals surface area (Å²) in [7, 11) is 0. The van der Waals surface area contributed by atoms with Gasteiger partial charge in [0.1, 0.15) is 0 Å². The molecule has 0 radical (unpaired) electrons. The summed E-state index contributed by atoms with van der Waals surface area (Å²) in [5.74, 6) is 0. The second kappa shape index (κ2) is 5.96. The van der Waals surface area contributed by atoms with Gasteiger partial charge in [-0.2, -0.15) is 0 Å². The van der Waals surface area contributed by atoms with Crippen LogP contribution in [-0.2, 0) is 11.3 Å². The number of rotatable bonds is 5. The molecule has 17 heavy (non-hydrogen) atoms. The van der Waals surface area contributed by atoms with Crippen molar-refractivity contribution in [2.75, 3.05) is 26.3 Å². The van der Waals surface area contributed by atoms with E-state index in [0.717, 1.165) is 39.1 Å². The molecule has 0 saturated carbocycles. The molecule has 4 heteroatoms. The van der Waals surface area contributed by atoms with Crippen molar-refractivity contribution in [2.45, 2.75) is 31.8 Å². The fraction of sp³-hybridized carbons (Fsp3) is 0.692. The predicted octanol–water partition coefficient (Wildman–Crippen LogP) is 2.08. The van der Waals surface area contributed by atoms with Crippen LogP contribution in [0.25, 0.3) is 0 Å². The zero-order chi connectivity index (χ0) is 12.1. The van der Waals surface area contributed by atoms with Crippen LogP contribution in [0, 0.1) is 0 Å². The second-order valence-corrected chi connectivity index (χ2v) is 5.71. The number of ether oxygens (including phenoxy) is 1. The molecule has 0 bridgehead atoms. The summed E-state index contributed by atoms with van der Waals surface area (Å²) < 4.78 is 5.66. The van der Waals surface area contributed by atoms with Crippen molar-refractivity contribution in [1.82, 2.24) is 4.90 Å². The summed E-state index contributed by atoms with van der Waals surface area (Å²) in [5, 5.41) is 2.13. The van der Waals surface area contributed by atoms with E-state index in [1.807, 2.05) is 11.3 Å². The normalized spacial score (nSPS) is 25.4. The van der Waals surface area contributed by atoms with E-state index in [9.17, 15) is 0 Å². The molecule has 1 aromatic rings. The summed E-state index contributed by atoms with van der Waals surface area (Å²) in [4.78, 5) is 3.89. The Morgan fingerprint density at radius 2 is 2.47 bits per heavy atom. The lowest BCUT2D eigenvalue weighted by Gasteiger charge is -2.45. The van der Waals surface area contributed by atoms with E-state index in [4.69, 9.17) is 10.5 Å². The first-order chi connectivity index (χ1) is 8.30. The van der Waals surface area contributed by atoms with Crippen molar-refractivity contribution in [3.05, 3.63) is 22.4 Å². The van der Waals surface area contributed by atoms with Crippen LogP contribution in [0.3, 0.4) is 0 Å². The van der Waals surface area contributed by atoms with Crippen molar-refractivity contribution >= 4 is 11.3 Å². The Kier molecular flexibility index (Phi) is 4.56. The number of nitrogens with zero attached hydrogens (tertiary/aromatic N) is 1. The van der Waals surface area contributed by atoms with Crippen LogP contribution in [0.4, 0.5) is 0 Å². The van der Waals surface area contributed by atoms with Crippen molar-refractivity contribution in [3.8, 4) is 0 Å². The van der Waals surface area contributed by atoms with Gasteiger partial charge in [0.25, 0.3) is 0 Å². The smallest absolute Gasteiger partial charge is 0.0662 e. The molecular weight excluding hydrogens is 232 g/mol. The van der Waals surface area contributed by atoms with Gasteiger partial charge in [0.05, 0.1) is 12.1 Å². The Morgan fingerprint density at radius 3 is 3.00 bits per heavy atom. The molecule has 1 aliphatic heterocycles. The minimum atomic E-state index is 0.0526. The standard InChI is InChI=1S/C13H22N2OS/c1-2-15(9-12-5-3-8-17-12)13(10-14)6-4-7-16-11-13/h3,5,8H,2,4,6-7,9-11,14H2,1H3. The maximum absolute atomic E-state index is 6.03. The maximum atomic E-state index is 6.03. The first-order valence-electron chi connectivity index (χ1n) is 6.36. The first-order valence-corrected chi connectivity index (χ1v) is 7.24. The summed E-state index contributed by atoms with van der Waals surface area (Å²) in [6.07, 6.45) is 2.28. The first kappa shape index (κ1) is 13.0. The summed E-state index contributed by atoms with van der Waals surface area (Å²) in [5.41, 5.74) is 6.08. The molecular formula is C13H22N2OS. The van der Waals surface area contributed by atoms with Crippen LogP contribution in [0.5, 0.6) is 0 Å². The molecule has 96 valence electrons. The zero-order valence-electron chi connectivity index (χ0n) is 10.5. The van der Waals surface area contributed by atoms with Gasteiger partial charge in [-0.05, 0) is 30.8 Å². The molecule has 1 saturated heterocycles. The predicted molar refractivity (Wildman–Crippen MR) is 72.2 cm³/mol. The molecule has 2 rings (SSSR count). The van der Waals surface area contributed by atoms with E-state index in [2.05, 4.69) is 29.3 Å². The fourth-order valence-electron chi connectivity index (χ4n) is 2.58. The molecule has 1 unspecified atom stereocenters. The fourth-order valence-corrected chi connectivity index (χ4v) is 3.30. The van der Waals surface area contributed by atoms with Crippen molar-refractivity contribution in [2.24, 2.45) is 5.73 Å². The third-order valence-electron chi connectivity index (χ3n) is 3.66. The lowest BCUT2D eigenvalue weighted by Crippen LogP contribution is -2.58. The van der Waals surface area contributed by atoms with E-state index >= 15 is 0 Å². The Hall–Kier alpha value is -0.420. The highest BCUT2D eigenvalue weighted by molar-refractivity contribution is 7.09. The Morgan fingerprint density at radius 1 is 1.59 bits per heavy atom. The van der Waals surface area contributed by atoms with Gasteiger partial charge >= 0.3 is 0 Å². The minimum absolute atomic E-state index is 0.0526. The molecule has 1 aromatic heterocycles. The third kappa shape index (κ3) is 2.88. The third-order valence-corrected chi connectivity index (χ3v) is 4.52. The molecule has 0 aromatic carbocycles. The molecule has 0 amide bonds. The average molecular weight is 254 g/mol. The van der Waals surface area contributed by atoms with Crippen molar-refractivity contribution < 1.29 is 4.74 Å². The molecule has 2 heterocycles. The largest absolute Gasteiger partial charge is 0.379 e. The topological polar surface area (TPSA) is 38.5 Å². The molecule has 0 aliphatic carbocycles. The Balaban J connectivity index is 2.09. The minimum Gasteiger partial charge on any atom is -0.379 e. The number of thiophene rings is 1. The van der Waals surface area contributed by atoms with Crippen molar-refractivity contribution in [1.29, 1.82) is 0 Å². The summed E-state index contributed by atoms with van der Waals surface area (Å²) in [6, 6.07) is 4.31. The Bertz CT molecular complexity index is 320. The van der Waals surface area contributed by atoms with Crippen LogP contribution in [0.2, 0.25) is 0 Å². The Labute approximate surface area is 108 Å². The molecule has 2 N–H and O–H groups in total. The molecule has 3 nitrogen and oxygen atoms in total. The highest BCUT2D eigenvalue weighted by atomic mass is 32.1. The maximum Gasteiger partial charge on any atom is 0.0662 e. The van der Waals surface area contributed by atoms with Gasteiger partial charge in [-0.25, -0.2) is 0 Å². The number of likely N-dealkylation sites (N-methyl/N-ethyl adjacent to an activating group) is 1. The molecule has 1 aliphatic rings. The SMILES string of the molecule is CCN(Cc1cccs1)C1(CN)CCCOC1. The van der Waals surface area contributed by atoms with Gasteiger partial charge in [0, 0.05) is 24.6 Å². The van der Waals surface area contributed by atoms with Crippen LogP contribution < -0.4 is 5.73 Å². The average Bonchev–Trinajstić information content (AvgIpc) is 2.89. The van der Waals surface area contributed by atoms with E-state index in [0.29, 0.717) is 6.54 Å². The lowest BCUT2D eigenvalue weighted by atomic mass is 9.90. The van der Waals surface area contributed by atoms with Crippen LogP contribution in [0.15, 0.2) is 17.5 Å². The van der Waals surface area contributed by atoms with Crippen LogP contribution in [0.1, 0.15) is 24.6 Å².